The predicted octanol–water partition coefficient (Wildman–Crippen LogP) is 3.87. The molecule has 3 rings (SSSR count). The first-order chi connectivity index (χ1) is 12.8. The van der Waals surface area contributed by atoms with Crippen molar-refractivity contribution in [2.75, 3.05) is 13.2 Å². The molecule has 0 atom stereocenters. The Morgan fingerprint density at radius 1 is 1.15 bits per heavy atom. The standard InChI is InChI=1S/C20H24N4O2/c1-3-25-17-10-9-15(13-18(17)26-4-2)12-16(14-21)20-23-22-19-8-6-5-7-11-24(19)20/h9-10,12-13H,3-8,11H2,1-2H3/b16-12-. The van der Waals surface area contributed by atoms with E-state index >= 15 is 0 Å². The molecule has 1 aliphatic rings. The van der Waals surface area contributed by atoms with Gasteiger partial charge in [0.05, 0.1) is 18.8 Å². The molecule has 0 unspecified atom stereocenters. The van der Waals surface area contributed by atoms with E-state index in [1.54, 1.807) is 0 Å². The molecule has 1 aromatic heterocycles. The van der Waals surface area contributed by atoms with Crippen molar-refractivity contribution >= 4 is 11.6 Å². The second-order valence-electron chi connectivity index (χ2n) is 6.14. The summed E-state index contributed by atoms with van der Waals surface area (Å²) in [7, 11) is 0. The highest BCUT2D eigenvalue weighted by molar-refractivity contribution is 5.87. The first-order valence-corrected chi connectivity index (χ1v) is 9.20. The molecule has 1 aliphatic heterocycles. The first-order valence-electron chi connectivity index (χ1n) is 9.20. The van der Waals surface area contributed by atoms with Gasteiger partial charge in [0.1, 0.15) is 11.9 Å². The Morgan fingerprint density at radius 2 is 1.96 bits per heavy atom. The maximum Gasteiger partial charge on any atom is 0.174 e. The number of fused-ring (bicyclic) bond motifs is 1. The minimum absolute atomic E-state index is 0.511. The molecule has 0 spiro atoms. The van der Waals surface area contributed by atoms with E-state index in [9.17, 15) is 5.26 Å². The van der Waals surface area contributed by atoms with Crippen molar-refractivity contribution in [2.45, 2.75) is 46.1 Å². The second-order valence-corrected chi connectivity index (χ2v) is 6.14. The quantitative estimate of drug-likeness (QED) is 0.738. The molecular formula is C20H24N4O2. The maximum absolute atomic E-state index is 9.69. The van der Waals surface area contributed by atoms with Crippen molar-refractivity contribution in [1.82, 2.24) is 14.8 Å². The van der Waals surface area contributed by atoms with Crippen LogP contribution < -0.4 is 9.47 Å². The summed E-state index contributed by atoms with van der Waals surface area (Å²) in [6.07, 6.45) is 6.16. The lowest BCUT2D eigenvalue weighted by Gasteiger charge is -2.11. The zero-order chi connectivity index (χ0) is 18.4. The van der Waals surface area contributed by atoms with Crippen molar-refractivity contribution in [3.05, 3.63) is 35.4 Å². The third kappa shape index (κ3) is 3.88. The van der Waals surface area contributed by atoms with Crippen LogP contribution in [-0.4, -0.2) is 28.0 Å². The van der Waals surface area contributed by atoms with Crippen molar-refractivity contribution in [1.29, 1.82) is 5.26 Å². The first kappa shape index (κ1) is 18.0. The lowest BCUT2D eigenvalue weighted by Crippen LogP contribution is -2.05. The largest absolute Gasteiger partial charge is 0.490 e. The van der Waals surface area contributed by atoms with Crippen LogP contribution in [-0.2, 0) is 13.0 Å². The number of hydrogen-bond acceptors (Lipinski definition) is 5. The fourth-order valence-corrected chi connectivity index (χ4v) is 3.16. The number of aryl methyl sites for hydroxylation is 1. The van der Waals surface area contributed by atoms with Gasteiger partial charge in [-0.3, -0.25) is 0 Å². The maximum atomic E-state index is 9.69. The van der Waals surface area contributed by atoms with Crippen molar-refractivity contribution in [3.63, 3.8) is 0 Å². The van der Waals surface area contributed by atoms with E-state index in [-0.39, 0.29) is 0 Å². The van der Waals surface area contributed by atoms with Crippen LogP contribution in [0, 0.1) is 11.3 Å². The molecule has 2 aromatic rings. The molecule has 0 amide bonds. The summed E-state index contributed by atoms with van der Waals surface area (Å²) in [5.41, 5.74) is 1.39. The smallest absolute Gasteiger partial charge is 0.174 e. The fourth-order valence-electron chi connectivity index (χ4n) is 3.16. The van der Waals surface area contributed by atoms with Gasteiger partial charge in [-0.2, -0.15) is 5.26 Å². The van der Waals surface area contributed by atoms with E-state index in [4.69, 9.17) is 9.47 Å². The van der Waals surface area contributed by atoms with Gasteiger partial charge in [0.25, 0.3) is 0 Å². The van der Waals surface area contributed by atoms with Crippen molar-refractivity contribution < 1.29 is 9.47 Å². The Kier molecular flexibility index (Phi) is 5.90. The molecule has 0 saturated carbocycles. The average molecular weight is 352 g/mol. The highest BCUT2D eigenvalue weighted by Gasteiger charge is 2.18. The Labute approximate surface area is 154 Å². The van der Waals surface area contributed by atoms with Crippen LogP contribution in [0.5, 0.6) is 11.5 Å². The van der Waals surface area contributed by atoms with Gasteiger partial charge in [0.2, 0.25) is 0 Å². The van der Waals surface area contributed by atoms with Crippen molar-refractivity contribution in [2.24, 2.45) is 0 Å². The summed E-state index contributed by atoms with van der Waals surface area (Å²) in [6.45, 7) is 5.86. The number of benzene rings is 1. The molecule has 0 N–H and O–H groups in total. The number of nitrogens with zero attached hydrogens (tertiary/aromatic N) is 4. The minimum Gasteiger partial charge on any atom is -0.490 e. The highest BCUT2D eigenvalue weighted by atomic mass is 16.5. The molecule has 0 radical (unpaired) electrons. The van der Waals surface area contributed by atoms with Crippen molar-refractivity contribution in [3.8, 4) is 17.6 Å². The molecule has 0 aliphatic carbocycles. The topological polar surface area (TPSA) is 73.0 Å². The lowest BCUT2D eigenvalue weighted by molar-refractivity contribution is 0.287. The van der Waals surface area contributed by atoms with Crippen LogP contribution in [0.4, 0.5) is 0 Å². The van der Waals surface area contributed by atoms with E-state index in [2.05, 4.69) is 20.8 Å². The van der Waals surface area contributed by atoms with Crippen LogP contribution in [0.2, 0.25) is 0 Å². The van der Waals surface area contributed by atoms with Gasteiger partial charge < -0.3 is 14.0 Å². The molecule has 26 heavy (non-hydrogen) atoms. The van der Waals surface area contributed by atoms with Gasteiger partial charge in [-0.25, -0.2) is 0 Å². The van der Waals surface area contributed by atoms with Gasteiger partial charge in [-0.05, 0) is 50.5 Å². The molecule has 6 nitrogen and oxygen atoms in total. The van der Waals surface area contributed by atoms with Gasteiger partial charge >= 0.3 is 0 Å². The Hall–Kier alpha value is -2.81. The minimum atomic E-state index is 0.511. The normalized spacial score (nSPS) is 14.3. The predicted molar refractivity (Wildman–Crippen MR) is 99.8 cm³/mol. The van der Waals surface area contributed by atoms with Gasteiger partial charge in [0.15, 0.2) is 17.3 Å². The zero-order valence-electron chi connectivity index (χ0n) is 15.4. The Morgan fingerprint density at radius 3 is 2.73 bits per heavy atom. The third-order valence-corrected chi connectivity index (χ3v) is 4.35. The molecule has 0 saturated heterocycles. The Bertz CT molecular complexity index is 833. The summed E-state index contributed by atoms with van der Waals surface area (Å²) in [6, 6.07) is 7.97. The molecular weight excluding hydrogens is 328 g/mol. The second kappa shape index (κ2) is 8.52. The van der Waals surface area contributed by atoms with E-state index in [0.717, 1.165) is 37.2 Å². The summed E-state index contributed by atoms with van der Waals surface area (Å²) in [5, 5.41) is 18.3. The van der Waals surface area contributed by atoms with E-state index in [0.29, 0.717) is 36.1 Å². The Balaban J connectivity index is 1.96. The average Bonchev–Trinajstić information content (AvgIpc) is 2.90. The van der Waals surface area contributed by atoms with E-state index < -0.39 is 0 Å². The number of nitriles is 1. The van der Waals surface area contributed by atoms with Crippen LogP contribution in [0.25, 0.3) is 11.6 Å². The molecule has 136 valence electrons. The summed E-state index contributed by atoms with van der Waals surface area (Å²) in [4.78, 5) is 0. The van der Waals surface area contributed by atoms with Crippen LogP contribution in [0.15, 0.2) is 18.2 Å². The van der Waals surface area contributed by atoms with E-state index in [1.807, 2.05) is 38.1 Å². The molecule has 1 aromatic carbocycles. The van der Waals surface area contributed by atoms with Crippen LogP contribution in [0.1, 0.15) is 50.3 Å². The molecule has 2 heterocycles. The molecule has 0 bridgehead atoms. The number of rotatable bonds is 6. The fraction of sp³-hybridized carbons (Fsp3) is 0.450. The zero-order valence-corrected chi connectivity index (χ0v) is 15.4. The van der Waals surface area contributed by atoms with E-state index in [1.165, 1.54) is 6.42 Å². The number of aromatic nitrogens is 3. The number of hydrogen-bond donors (Lipinski definition) is 0. The number of ether oxygens (including phenoxy) is 2. The highest BCUT2D eigenvalue weighted by Crippen LogP contribution is 2.30. The lowest BCUT2D eigenvalue weighted by atomic mass is 10.1. The molecule has 0 fully saturated rings. The molecule has 6 heteroatoms. The summed E-state index contributed by atoms with van der Waals surface area (Å²) >= 11 is 0. The number of allylic oxidation sites excluding steroid dienone is 1. The van der Waals surface area contributed by atoms with Gasteiger partial charge in [0, 0.05) is 13.0 Å². The summed E-state index contributed by atoms with van der Waals surface area (Å²) < 4.78 is 13.4. The van der Waals surface area contributed by atoms with Gasteiger partial charge in [-0.15, -0.1) is 10.2 Å². The van der Waals surface area contributed by atoms with Gasteiger partial charge in [-0.1, -0.05) is 12.5 Å². The van der Waals surface area contributed by atoms with Crippen LogP contribution in [0.3, 0.4) is 0 Å². The monoisotopic (exact) mass is 352 g/mol. The summed E-state index contributed by atoms with van der Waals surface area (Å²) in [5.74, 6) is 3.01. The van der Waals surface area contributed by atoms with Crippen LogP contribution >= 0.6 is 0 Å². The SMILES string of the molecule is CCOc1ccc(/C=C(/C#N)c2nnc3n2CCCCC3)cc1OCC. The third-order valence-electron chi connectivity index (χ3n) is 4.35.